The predicted octanol–water partition coefficient (Wildman–Crippen LogP) is 1.14. The Morgan fingerprint density at radius 2 is 2.00 bits per heavy atom. The maximum absolute atomic E-state index is 10.7. The second-order valence-electron chi connectivity index (χ2n) is 2.07. The van der Waals surface area contributed by atoms with E-state index in [4.69, 9.17) is 4.74 Å². The lowest BCUT2D eigenvalue weighted by molar-refractivity contribution is -0.129. The van der Waals surface area contributed by atoms with E-state index in [1.807, 2.05) is 0 Å². The second kappa shape index (κ2) is 2.38. The number of cyclic esters (lactones) is 1. The minimum Gasteiger partial charge on any atom is -0.410 e. The zero-order valence-corrected chi connectivity index (χ0v) is 6.45. The zero-order valence-electron chi connectivity index (χ0n) is 5.63. The summed E-state index contributed by atoms with van der Waals surface area (Å²) in [6.45, 7) is 3.51. The molecule has 0 unspecified atom stereocenters. The standard InChI is InChI=1S/C6H6O3S/c1-3(2)4-5(7)9-6(10)8-4/h1-2H3. The SMILES string of the molecule is CC(C)=C1OC(=S)OC1=O. The van der Waals surface area contributed by atoms with Crippen molar-refractivity contribution in [1.82, 2.24) is 0 Å². The molecule has 0 aromatic heterocycles. The lowest BCUT2D eigenvalue weighted by Gasteiger charge is -1.91. The molecule has 0 amide bonds. The van der Waals surface area contributed by atoms with Gasteiger partial charge in [0.05, 0.1) is 0 Å². The summed E-state index contributed by atoms with van der Waals surface area (Å²) in [5, 5.41) is -0.110. The summed E-state index contributed by atoms with van der Waals surface area (Å²) in [4.78, 5) is 10.7. The summed E-state index contributed by atoms with van der Waals surface area (Å²) in [6, 6.07) is 0. The van der Waals surface area contributed by atoms with Crippen molar-refractivity contribution in [2.45, 2.75) is 13.8 Å². The quantitative estimate of drug-likeness (QED) is 0.301. The molecule has 0 N–H and O–H groups in total. The van der Waals surface area contributed by atoms with Crippen LogP contribution < -0.4 is 0 Å². The molecular weight excluding hydrogens is 152 g/mol. The fourth-order valence-corrected chi connectivity index (χ4v) is 0.733. The maximum atomic E-state index is 10.7. The monoisotopic (exact) mass is 158 g/mol. The van der Waals surface area contributed by atoms with E-state index in [1.54, 1.807) is 13.8 Å². The number of carbonyl (C=O) groups is 1. The summed E-state index contributed by atoms with van der Waals surface area (Å²) in [7, 11) is 0. The van der Waals surface area contributed by atoms with Crippen molar-refractivity contribution in [3.8, 4) is 0 Å². The molecule has 3 nitrogen and oxygen atoms in total. The third-order valence-corrected chi connectivity index (χ3v) is 1.17. The van der Waals surface area contributed by atoms with E-state index in [1.165, 1.54) is 0 Å². The van der Waals surface area contributed by atoms with E-state index < -0.39 is 5.97 Å². The van der Waals surface area contributed by atoms with Crippen LogP contribution in [0.15, 0.2) is 11.3 Å². The number of esters is 1. The van der Waals surface area contributed by atoms with Crippen molar-refractivity contribution in [3.05, 3.63) is 11.3 Å². The molecule has 10 heavy (non-hydrogen) atoms. The number of hydrogen-bond acceptors (Lipinski definition) is 4. The van der Waals surface area contributed by atoms with E-state index in [9.17, 15) is 4.79 Å². The van der Waals surface area contributed by atoms with Crippen LogP contribution in [0.5, 0.6) is 0 Å². The van der Waals surface area contributed by atoms with Crippen LogP contribution in [0, 0.1) is 0 Å². The van der Waals surface area contributed by atoms with Gasteiger partial charge < -0.3 is 9.47 Å². The van der Waals surface area contributed by atoms with E-state index in [-0.39, 0.29) is 11.0 Å². The molecule has 1 saturated heterocycles. The Kier molecular flexibility index (Phi) is 1.72. The molecule has 0 bridgehead atoms. The summed E-state index contributed by atoms with van der Waals surface area (Å²) in [5.74, 6) is -0.282. The fourth-order valence-electron chi connectivity index (χ4n) is 0.574. The van der Waals surface area contributed by atoms with Gasteiger partial charge in [-0.2, -0.15) is 0 Å². The van der Waals surface area contributed by atoms with E-state index in [0.29, 0.717) is 0 Å². The lowest BCUT2D eigenvalue weighted by Crippen LogP contribution is -1.96. The number of carbonyl (C=O) groups excluding carboxylic acids is 1. The third-order valence-electron chi connectivity index (χ3n) is 1.00. The zero-order chi connectivity index (χ0) is 7.72. The Morgan fingerprint density at radius 3 is 2.20 bits per heavy atom. The summed E-state index contributed by atoms with van der Waals surface area (Å²) in [6.07, 6.45) is 0. The summed E-state index contributed by atoms with van der Waals surface area (Å²) >= 11 is 4.49. The van der Waals surface area contributed by atoms with Gasteiger partial charge in [0, 0.05) is 12.2 Å². The molecule has 54 valence electrons. The predicted molar refractivity (Wildman–Crippen MR) is 38.1 cm³/mol. The van der Waals surface area contributed by atoms with Crippen LogP contribution in [0.25, 0.3) is 0 Å². The van der Waals surface area contributed by atoms with Crippen molar-refractivity contribution >= 4 is 23.4 Å². The van der Waals surface area contributed by atoms with Crippen molar-refractivity contribution in [3.63, 3.8) is 0 Å². The molecule has 0 atom stereocenters. The minimum atomic E-state index is -0.495. The van der Waals surface area contributed by atoms with Crippen LogP contribution in [-0.4, -0.2) is 11.2 Å². The van der Waals surface area contributed by atoms with Gasteiger partial charge in [-0.15, -0.1) is 0 Å². The Bertz CT molecular complexity index is 225. The molecule has 0 radical (unpaired) electrons. The van der Waals surface area contributed by atoms with Gasteiger partial charge in [0.15, 0.2) is 0 Å². The molecule has 0 aliphatic carbocycles. The Balaban J connectivity index is 2.93. The normalized spacial score (nSPS) is 16.8. The maximum Gasteiger partial charge on any atom is 0.382 e. The van der Waals surface area contributed by atoms with E-state index in [0.717, 1.165) is 5.57 Å². The van der Waals surface area contributed by atoms with Crippen LogP contribution in [0.3, 0.4) is 0 Å². The first-order valence-electron chi connectivity index (χ1n) is 2.72. The minimum absolute atomic E-state index is 0.110. The highest BCUT2D eigenvalue weighted by Crippen LogP contribution is 2.15. The largest absolute Gasteiger partial charge is 0.410 e. The first-order valence-corrected chi connectivity index (χ1v) is 3.13. The topological polar surface area (TPSA) is 35.5 Å². The van der Waals surface area contributed by atoms with Crippen LogP contribution in [0.2, 0.25) is 0 Å². The molecule has 1 aliphatic rings. The lowest BCUT2D eigenvalue weighted by atomic mass is 10.3. The fraction of sp³-hybridized carbons (Fsp3) is 0.333. The third kappa shape index (κ3) is 1.16. The van der Waals surface area contributed by atoms with Gasteiger partial charge >= 0.3 is 11.2 Å². The average Bonchev–Trinajstić information content (AvgIpc) is 2.10. The van der Waals surface area contributed by atoms with Gasteiger partial charge in [-0.1, -0.05) is 0 Å². The van der Waals surface area contributed by atoms with Gasteiger partial charge in [0.1, 0.15) is 0 Å². The highest BCUT2D eigenvalue weighted by molar-refractivity contribution is 7.79. The Hall–Kier alpha value is -0.900. The summed E-state index contributed by atoms with van der Waals surface area (Å²) < 4.78 is 9.22. The molecule has 4 heteroatoms. The second-order valence-corrected chi connectivity index (χ2v) is 2.40. The molecule has 1 aliphatic heterocycles. The molecule has 1 heterocycles. The molecule has 1 rings (SSSR count). The first-order chi connectivity index (χ1) is 4.61. The number of thiocarbonyl (C=S) groups is 1. The van der Waals surface area contributed by atoms with Crippen molar-refractivity contribution in [2.24, 2.45) is 0 Å². The molecule has 0 spiro atoms. The molecule has 1 fully saturated rings. The van der Waals surface area contributed by atoms with Gasteiger partial charge in [-0.25, -0.2) is 4.79 Å². The molecule has 0 aromatic rings. The number of hydrogen-bond donors (Lipinski definition) is 0. The van der Waals surface area contributed by atoms with E-state index in [2.05, 4.69) is 17.0 Å². The van der Waals surface area contributed by atoms with Gasteiger partial charge in [0.25, 0.3) is 0 Å². The van der Waals surface area contributed by atoms with Crippen LogP contribution in [0.4, 0.5) is 0 Å². The number of rotatable bonds is 0. The van der Waals surface area contributed by atoms with Crippen molar-refractivity contribution in [1.29, 1.82) is 0 Å². The van der Waals surface area contributed by atoms with Crippen LogP contribution in [0.1, 0.15) is 13.8 Å². The van der Waals surface area contributed by atoms with Gasteiger partial charge in [-0.3, -0.25) is 0 Å². The van der Waals surface area contributed by atoms with Crippen molar-refractivity contribution in [2.75, 3.05) is 0 Å². The van der Waals surface area contributed by atoms with Crippen LogP contribution in [-0.2, 0) is 14.3 Å². The first kappa shape index (κ1) is 7.21. The van der Waals surface area contributed by atoms with Gasteiger partial charge in [0.2, 0.25) is 5.76 Å². The highest BCUT2D eigenvalue weighted by atomic mass is 32.1. The van der Waals surface area contributed by atoms with Crippen molar-refractivity contribution < 1.29 is 14.3 Å². The number of allylic oxidation sites excluding steroid dienone is 1. The van der Waals surface area contributed by atoms with E-state index >= 15 is 0 Å². The molecular formula is C6H6O3S. The molecule has 0 saturated carbocycles. The van der Waals surface area contributed by atoms with Gasteiger partial charge in [-0.05, 0) is 19.4 Å². The highest BCUT2D eigenvalue weighted by Gasteiger charge is 2.27. The Morgan fingerprint density at radius 1 is 1.40 bits per heavy atom. The molecule has 0 aromatic carbocycles. The average molecular weight is 158 g/mol. The Labute approximate surface area is 63.6 Å². The van der Waals surface area contributed by atoms with Crippen LogP contribution >= 0.6 is 12.2 Å². The number of ether oxygens (including phenoxy) is 2. The summed E-state index contributed by atoms with van der Waals surface area (Å²) in [5.41, 5.74) is 0.768. The smallest absolute Gasteiger partial charge is 0.382 e.